The first-order valence-corrected chi connectivity index (χ1v) is 15.8. The van der Waals surface area contributed by atoms with E-state index in [-0.39, 0.29) is 29.3 Å². The van der Waals surface area contributed by atoms with Gasteiger partial charge < -0.3 is 25.3 Å². The number of fused-ring (bicyclic) bond motifs is 5. The van der Waals surface area contributed by atoms with Gasteiger partial charge in [-0.15, -0.1) is 6.42 Å². The van der Waals surface area contributed by atoms with Crippen LogP contribution in [0, 0.1) is 46.8 Å². The number of oxime groups is 1. The van der Waals surface area contributed by atoms with E-state index in [2.05, 4.69) is 36.3 Å². The van der Waals surface area contributed by atoms with Gasteiger partial charge in [0.05, 0.1) is 5.71 Å². The van der Waals surface area contributed by atoms with Gasteiger partial charge in [-0.1, -0.05) is 44.3 Å². The summed E-state index contributed by atoms with van der Waals surface area (Å²) in [5.74, 6) is 2.29. The lowest BCUT2D eigenvalue weighted by Gasteiger charge is -2.58. The van der Waals surface area contributed by atoms with Crippen molar-refractivity contribution in [2.75, 3.05) is 13.2 Å². The molecular weight excluding hydrogens is 534 g/mol. The van der Waals surface area contributed by atoms with Crippen molar-refractivity contribution < 1.29 is 29.4 Å². The third kappa shape index (κ3) is 5.04. The number of likely N-dealkylation sites (tertiary alicyclic amines) is 1. The molecule has 0 bridgehead atoms. The number of carboxylic acids is 1. The predicted octanol–water partition coefficient (Wildman–Crippen LogP) is 3.90. The van der Waals surface area contributed by atoms with Crippen molar-refractivity contribution in [3.63, 3.8) is 0 Å². The highest BCUT2D eigenvalue weighted by molar-refractivity contribution is 5.96. The molecule has 3 N–H and O–H groups in total. The fourth-order valence-electron chi connectivity index (χ4n) is 9.26. The van der Waals surface area contributed by atoms with Crippen molar-refractivity contribution in [1.82, 2.24) is 10.2 Å². The first-order chi connectivity index (χ1) is 19.8. The smallest absolute Gasteiger partial charge is 0.326 e. The van der Waals surface area contributed by atoms with Crippen molar-refractivity contribution in [1.29, 1.82) is 0 Å². The van der Waals surface area contributed by atoms with Gasteiger partial charge >= 0.3 is 5.97 Å². The van der Waals surface area contributed by atoms with E-state index in [0.29, 0.717) is 43.6 Å². The van der Waals surface area contributed by atoms with E-state index in [9.17, 15) is 24.6 Å². The Kier molecular flexibility index (Phi) is 8.25. The Hall–Kier alpha value is -2.86. The number of hydrogen-bond donors (Lipinski definition) is 3. The Balaban J connectivity index is 1.19. The van der Waals surface area contributed by atoms with Gasteiger partial charge in [0, 0.05) is 12.0 Å². The monoisotopic (exact) mass is 581 g/mol. The maximum absolute atomic E-state index is 13.1. The first-order valence-electron chi connectivity index (χ1n) is 15.8. The summed E-state index contributed by atoms with van der Waals surface area (Å²) < 4.78 is 0. The van der Waals surface area contributed by atoms with Crippen LogP contribution in [0.5, 0.6) is 0 Å². The second-order valence-electron chi connectivity index (χ2n) is 14.2. The number of hydrogen-bond acceptors (Lipinski definition) is 6. The summed E-state index contributed by atoms with van der Waals surface area (Å²) in [5, 5.41) is 27.7. The van der Waals surface area contributed by atoms with E-state index >= 15 is 0 Å². The molecule has 1 aliphatic heterocycles. The normalized spacial score (nSPS) is 39.0. The lowest BCUT2D eigenvalue weighted by Crippen LogP contribution is -2.54. The van der Waals surface area contributed by atoms with Crippen LogP contribution in [0.3, 0.4) is 0 Å². The minimum atomic E-state index is -1.02. The Morgan fingerprint density at radius 3 is 2.57 bits per heavy atom. The van der Waals surface area contributed by atoms with E-state index < -0.39 is 29.6 Å². The molecule has 1 heterocycles. The number of terminal acetylenes is 1. The average Bonchev–Trinajstić information content (AvgIpc) is 3.55. The zero-order valence-electron chi connectivity index (χ0n) is 25.5. The number of carboxylic acid groups (broad SMARTS) is 1. The SMILES string of the molecule is C#C[C@@]1(O)CCC2C3CCC4=CC(=NOCC(=O)NC(C(=O)N5CCCC5C(=O)O)C(C)C)CC[C@]4(C)C3CC[C@@]21C. The molecule has 2 amide bonds. The molecule has 9 heteroatoms. The largest absolute Gasteiger partial charge is 0.480 e. The third-order valence-corrected chi connectivity index (χ3v) is 11.8. The van der Waals surface area contributed by atoms with Crippen molar-refractivity contribution in [2.24, 2.45) is 39.7 Å². The summed E-state index contributed by atoms with van der Waals surface area (Å²) in [4.78, 5) is 44.2. The number of nitrogens with one attached hydrogen (secondary N) is 1. The van der Waals surface area contributed by atoms with Gasteiger partial charge in [0.15, 0.2) is 6.61 Å². The van der Waals surface area contributed by atoms with Gasteiger partial charge in [0.25, 0.3) is 5.91 Å². The van der Waals surface area contributed by atoms with Crippen LogP contribution in [0.4, 0.5) is 0 Å². The second kappa shape index (κ2) is 11.3. The van der Waals surface area contributed by atoms with Crippen LogP contribution < -0.4 is 5.32 Å². The van der Waals surface area contributed by atoms with Crippen molar-refractivity contribution in [2.45, 2.75) is 110 Å². The molecule has 230 valence electrons. The molecule has 42 heavy (non-hydrogen) atoms. The maximum Gasteiger partial charge on any atom is 0.326 e. The van der Waals surface area contributed by atoms with Crippen LogP contribution >= 0.6 is 0 Å². The molecule has 5 rings (SSSR count). The van der Waals surface area contributed by atoms with Gasteiger partial charge in [0.1, 0.15) is 17.7 Å². The first kappa shape index (κ1) is 30.6. The summed E-state index contributed by atoms with van der Waals surface area (Å²) in [5.41, 5.74) is 1.12. The zero-order valence-corrected chi connectivity index (χ0v) is 25.5. The number of rotatable bonds is 7. The fourth-order valence-corrected chi connectivity index (χ4v) is 9.26. The quantitative estimate of drug-likeness (QED) is 0.309. The van der Waals surface area contributed by atoms with E-state index in [0.717, 1.165) is 50.7 Å². The average molecular weight is 582 g/mol. The summed E-state index contributed by atoms with van der Waals surface area (Å²) in [6, 6.07) is -1.67. The molecule has 0 aromatic heterocycles. The topological polar surface area (TPSA) is 129 Å². The minimum absolute atomic E-state index is 0.0890. The molecule has 5 aliphatic rings. The maximum atomic E-state index is 13.1. The van der Waals surface area contributed by atoms with Crippen molar-refractivity contribution in [3.05, 3.63) is 11.6 Å². The van der Waals surface area contributed by atoms with Crippen LogP contribution in [-0.4, -0.2) is 69.4 Å². The minimum Gasteiger partial charge on any atom is -0.480 e. The molecule has 0 aromatic rings. The highest BCUT2D eigenvalue weighted by Crippen LogP contribution is 2.67. The van der Waals surface area contributed by atoms with E-state index in [1.54, 1.807) is 0 Å². The molecule has 1 saturated heterocycles. The van der Waals surface area contributed by atoms with Gasteiger partial charge in [-0.2, -0.15) is 0 Å². The lowest BCUT2D eigenvalue weighted by atomic mass is 9.46. The molecule has 5 unspecified atom stereocenters. The Bertz CT molecular complexity index is 1220. The Morgan fingerprint density at radius 1 is 1.14 bits per heavy atom. The summed E-state index contributed by atoms with van der Waals surface area (Å²) in [7, 11) is 0. The molecule has 4 fully saturated rings. The number of nitrogens with zero attached hydrogens (tertiary/aromatic N) is 2. The predicted molar refractivity (Wildman–Crippen MR) is 158 cm³/mol. The number of carbonyl (C=O) groups excluding carboxylic acids is 2. The van der Waals surface area contributed by atoms with Gasteiger partial charge in [0.2, 0.25) is 5.91 Å². The van der Waals surface area contributed by atoms with Gasteiger partial charge in [-0.05, 0) is 99.4 Å². The molecule has 0 aromatic carbocycles. The molecule has 0 radical (unpaired) electrons. The summed E-state index contributed by atoms with van der Waals surface area (Å²) >= 11 is 0. The number of aliphatic hydroxyl groups is 1. The van der Waals surface area contributed by atoms with Crippen LogP contribution in [0.1, 0.15) is 91.9 Å². The number of allylic oxidation sites excluding steroid dienone is 2. The van der Waals surface area contributed by atoms with Gasteiger partial charge in [-0.3, -0.25) is 9.59 Å². The highest BCUT2D eigenvalue weighted by Gasteiger charge is 2.63. The zero-order chi connectivity index (χ0) is 30.4. The lowest BCUT2D eigenvalue weighted by molar-refractivity contribution is -0.150. The van der Waals surface area contributed by atoms with Crippen LogP contribution in [-0.2, 0) is 19.2 Å². The van der Waals surface area contributed by atoms with Crippen LogP contribution in [0.2, 0.25) is 0 Å². The highest BCUT2D eigenvalue weighted by atomic mass is 16.6. The molecule has 0 spiro atoms. The van der Waals surface area contributed by atoms with E-state index in [1.165, 1.54) is 10.5 Å². The standard InChI is InChI=1S/C33H47N3O6/c1-6-33(41)16-13-25-23-10-9-21-18-22(11-14-31(21,4)24(23)12-15-32(25,33)5)35-42-19-27(37)34-28(20(2)3)29(38)36-17-7-8-26(36)30(39)40/h1,18,20,23-26,28,41H,7-17,19H2,2-5H3,(H,34,37)(H,39,40)/t23?,24?,25?,26?,28?,31-,32-,33+/m0/s1. The second-order valence-corrected chi connectivity index (χ2v) is 14.2. The van der Waals surface area contributed by atoms with Gasteiger partial charge in [-0.25, -0.2) is 4.79 Å². The molecular formula is C33H47N3O6. The Morgan fingerprint density at radius 2 is 1.88 bits per heavy atom. The van der Waals surface area contributed by atoms with Crippen LogP contribution in [0.25, 0.3) is 0 Å². The van der Waals surface area contributed by atoms with E-state index in [4.69, 9.17) is 11.3 Å². The number of carbonyl (C=O) groups is 3. The third-order valence-electron chi connectivity index (χ3n) is 11.8. The Labute approximate surface area is 249 Å². The molecule has 4 aliphatic carbocycles. The van der Waals surface area contributed by atoms with Crippen molar-refractivity contribution in [3.8, 4) is 12.3 Å². The fraction of sp³-hybridized carbons (Fsp3) is 0.758. The van der Waals surface area contributed by atoms with E-state index in [1.807, 2.05) is 13.8 Å². The number of aliphatic carboxylic acids is 1. The van der Waals surface area contributed by atoms with Crippen LogP contribution in [0.15, 0.2) is 16.8 Å². The summed E-state index contributed by atoms with van der Waals surface area (Å²) in [6.45, 7) is 8.32. The molecule has 8 atom stereocenters. The molecule has 3 saturated carbocycles. The summed E-state index contributed by atoms with van der Waals surface area (Å²) in [6.07, 6.45) is 16.6. The molecule has 9 nitrogen and oxygen atoms in total. The van der Waals surface area contributed by atoms with Crippen molar-refractivity contribution >= 4 is 23.5 Å². The number of amides is 2.